The second kappa shape index (κ2) is 4.31. The molecule has 0 fully saturated rings. The van der Waals surface area contributed by atoms with Crippen LogP contribution in [-0.2, 0) is 0 Å². The zero-order valence-corrected chi connectivity index (χ0v) is 9.58. The average molecular weight is 283 g/mol. The highest BCUT2D eigenvalue weighted by molar-refractivity contribution is 9.09. The van der Waals surface area contributed by atoms with E-state index in [0.29, 0.717) is 11.3 Å². The van der Waals surface area contributed by atoms with Crippen molar-refractivity contribution < 1.29 is 4.79 Å². The third-order valence-corrected chi connectivity index (χ3v) is 2.57. The van der Waals surface area contributed by atoms with Gasteiger partial charge in [0.05, 0.1) is 20.9 Å². The van der Waals surface area contributed by atoms with Crippen LogP contribution in [0.2, 0.25) is 10.0 Å². The van der Waals surface area contributed by atoms with Crippen LogP contribution >= 0.6 is 39.1 Å². The predicted molar refractivity (Wildman–Crippen MR) is 59.0 cm³/mol. The molecule has 0 bridgehead atoms. The lowest BCUT2D eigenvalue weighted by molar-refractivity contribution is 0.102. The smallest absolute Gasteiger partial charge is 0.176 e. The summed E-state index contributed by atoms with van der Waals surface area (Å²) in [6.45, 7) is 0. The van der Waals surface area contributed by atoms with Gasteiger partial charge in [0.15, 0.2) is 5.78 Å². The van der Waals surface area contributed by atoms with E-state index >= 15 is 0 Å². The maximum atomic E-state index is 11.3. The van der Waals surface area contributed by atoms with Gasteiger partial charge in [0.1, 0.15) is 0 Å². The number of carbonyl (C=O) groups is 1. The Balaban J connectivity index is 3.28. The Hall–Kier alpha value is -0.250. The van der Waals surface area contributed by atoms with Crippen LogP contribution in [0.15, 0.2) is 12.1 Å². The minimum Gasteiger partial charge on any atom is -0.399 e. The van der Waals surface area contributed by atoms with E-state index in [1.54, 1.807) is 0 Å². The number of alkyl halides is 1. The molecule has 0 aliphatic rings. The van der Waals surface area contributed by atoms with Crippen molar-refractivity contribution in [2.24, 2.45) is 0 Å². The van der Waals surface area contributed by atoms with Crippen molar-refractivity contribution in [3.05, 3.63) is 27.7 Å². The molecule has 0 amide bonds. The number of hydrogen-bond acceptors (Lipinski definition) is 2. The summed E-state index contributed by atoms with van der Waals surface area (Å²) in [5, 5.41) is 0.764. The third-order valence-electron chi connectivity index (χ3n) is 1.46. The highest BCUT2D eigenvalue weighted by Crippen LogP contribution is 2.28. The van der Waals surface area contributed by atoms with Crippen LogP contribution in [-0.4, -0.2) is 11.1 Å². The number of Topliss-reactive ketones (excluding diaryl/α,β-unsaturated/α-hetero) is 1. The number of benzene rings is 1. The zero-order valence-electron chi connectivity index (χ0n) is 6.48. The largest absolute Gasteiger partial charge is 0.399 e. The second-order valence-corrected chi connectivity index (χ2v) is 3.79. The van der Waals surface area contributed by atoms with Gasteiger partial charge in [-0.1, -0.05) is 39.1 Å². The molecule has 0 aromatic heterocycles. The van der Waals surface area contributed by atoms with Gasteiger partial charge < -0.3 is 5.73 Å². The Morgan fingerprint density at radius 1 is 1.38 bits per heavy atom. The van der Waals surface area contributed by atoms with Gasteiger partial charge >= 0.3 is 0 Å². The number of hydrogen-bond donors (Lipinski definition) is 1. The van der Waals surface area contributed by atoms with Gasteiger partial charge in [-0.15, -0.1) is 0 Å². The van der Waals surface area contributed by atoms with Crippen LogP contribution < -0.4 is 5.73 Å². The molecule has 0 aliphatic heterocycles. The number of halogens is 3. The van der Waals surface area contributed by atoms with Crippen molar-refractivity contribution in [3.63, 3.8) is 0 Å². The summed E-state index contributed by atoms with van der Waals surface area (Å²) in [6.07, 6.45) is 0. The second-order valence-electron chi connectivity index (χ2n) is 2.42. The molecular formula is C8H6BrCl2NO. The molecule has 0 saturated heterocycles. The predicted octanol–water partition coefficient (Wildman–Crippen LogP) is 3.15. The molecule has 2 nitrogen and oxygen atoms in total. The van der Waals surface area contributed by atoms with E-state index < -0.39 is 0 Å². The fraction of sp³-hybridized carbons (Fsp3) is 0.125. The Labute approximate surface area is 94.1 Å². The lowest BCUT2D eigenvalue weighted by atomic mass is 10.1. The molecule has 0 heterocycles. The maximum absolute atomic E-state index is 11.3. The summed E-state index contributed by atoms with van der Waals surface area (Å²) in [4.78, 5) is 11.3. The van der Waals surface area contributed by atoms with Gasteiger partial charge in [0, 0.05) is 5.69 Å². The van der Waals surface area contributed by atoms with Crippen LogP contribution in [0, 0.1) is 0 Å². The van der Waals surface area contributed by atoms with Crippen molar-refractivity contribution in [2.75, 3.05) is 11.1 Å². The quantitative estimate of drug-likeness (QED) is 0.514. The molecule has 70 valence electrons. The van der Waals surface area contributed by atoms with Gasteiger partial charge in [0.2, 0.25) is 0 Å². The zero-order chi connectivity index (χ0) is 10.0. The first kappa shape index (κ1) is 10.8. The molecule has 0 radical (unpaired) electrons. The molecule has 5 heteroatoms. The summed E-state index contributed by atoms with van der Waals surface area (Å²) in [7, 11) is 0. The van der Waals surface area contributed by atoms with Crippen molar-refractivity contribution in [2.45, 2.75) is 0 Å². The number of carbonyl (C=O) groups excluding carboxylic acids is 1. The monoisotopic (exact) mass is 281 g/mol. The first-order valence-corrected chi connectivity index (χ1v) is 5.27. The van der Waals surface area contributed by atoms with Gasteiger partial charge in [0.25, 0.3) is 0 Å². The normalized spacial score (nSPS) is 10.1. The van der Waals surface area contributed by atoms with Gasteiger partial charge in [-0.3, -0.25) is 4.79 Å². The summed E-state index contributed by atoms with van der Waals surface area (Å²) in [5.41, 5.74) is 6.24. The van der Waals surface area contributed by atoms with Gasteiger partial charge in [-0.2, -0.15) is 0 Å². The lowest BCUT2D eigenvalue weighted by Gasteiger charge is -2.04. The van der Waals surface area contributed by atoms with E-state index in [4.69, 9.17) is 28.9 Å². The Morgan fingerprint density at radius 2 is 1.85 bits per heavy atom. The number of nitrogen functional groups attached to an aromatic ring is 1. The highest BCUT2D eigenvalue weighted by atomic mass is 79.9. The number of rotatable bonds is 2. The van der Waals surface area contributed by atoms with Crippen LogP contribution in [0.25, 0.3) is 0 Å². The Kier molecular flexibility index (Phi) is 3.59. The van der Waals surface area contributed by atoms with Crippen molar-refractivity contribution >= 4 is 50.6 Å². The third kappa shape index (κ3) is 2.36. The van der Waals surface area contributed by atoms with Crippen molar-refractivity contribution in [1.82, 2.24) is 0 Å². The summed E-state index contributed by atoms with van der Waals surface area (Å²) >= 11 is 14.6. The molecule has 13 heavy (non-hydrogen) atoms. The average Bonchev–Trinajstić information content (AvgIpc) is 2.02. The van der Waals surface area contributed by atoms with Crippen molar-refractivity contribution in [3.8, 4) is 0 Å². The minimum atomic E-state index is -0.157. The Bertz CT molecular complexity index is 331. The van der Waals surface area contributed by atoms with E-state index in [-0.39, 0.29) is 21.2 Å². The molecular weight excluding hydrogens is 277 g/mol. The first-order valence-electron chi connectivity index (χ1n) is 3.40. The van der Waals surface area contributed by atoms with E-state index in [9.17, 15) is 4.79 Å². The van der Waals surface area contributed by atoms with E-state index in [1.807, 2.05) is 0 Å². The summed E-state index contributed by atoms with van der Waals surface area (Å²) < 4.78 is 0. The molecule has 0 unspecified atom stereocenters. The van der Waals surface area contributed by atoms with E-state index in [2.05, 4.69) is 15.9 Å². The van der Waals surface area contributed by atoms with Crippen molar-refractivity contribution in [1.29, 1.82) is 0 Å². The maximum Gasteiger partial charge on any atom is 0.176 e. The van der Waals surface area contributed by atoms with Crippen LogP contribution in [0.1, 0.15) is 10.4 Å². The van der Waals surface area contributed by atoms with E-state index in [0.717, 1.165) is 0 Å². The highest BCUT2D eigenvalue weighted by Gasteiger charge is 2.13. The van der Waals surface area contributed by atoms with Gasteiger partial charge in [-0.05, 0) is 12.1 Å². The molecule has 0 spiro atoms. The molecule has 0 aliphatic carbocycles. The standard InChI is InChI=1S/C8H6BrCl2NO/c9-3-7(13)8-5(10)1-4(12)2-6(8)11/h1-2H,3,12H2. The molecule has 2 N–H and O–H groups in total. The number of anilines is 1. The Morgan fingerprint density at radius 3 is 2.23 bits per heavy atom. The topological polar surface area (TPSA) is 43.1 Å². The first-order chi connectivity index (χ1) is 6.06. The summed E-state index contributed by atoms with van der Waals surface area (Å²) in [6, 6.07) is 3.01. The number of ketones is 1. The molecule has 0 saturated carbocycles. The van der Waals surface area contributed by atoms with E-state index in [1.165, 1.54) is 12.1 Å². The fourth-order valence-electron chi connectivity index (χ4n) is 0.926. The lowest BCUT2D eigenvalue weighted by Crippen LogP contribution is -2.02. The molecule has 0 atom stereocenters. The SMILES string of the molecule is Nc1cc(Cl)c(C(=O)CBr)c(Cl)c1. The minimum absolute atomic E-state index is 0.157. The molecule has 1 aromatic rings. The fourth-order valence-corrected chi connectivity index (χ4v) is 1.92. The van der Waals surface area contributed by atoms with Crippen LogP contribution in [0.3, 0.4) is 0 Å². The van der Waals surface area contributed by atoms with Crippen LogP contribution in [0.4, 0.5) is 5.69 Å². The van der Waals surface area contributed by atoms with Gasteiger partial charge in [-0.25, -0.2) is 0 Å². The summed E-state index contributed by atoms with van der Waals surface area (Å²) in [5.74, 6) is -0.157. The molecule has 1 rings (SSSR count). The number of nitrogens with two attached hydrogens (primary N) is 1. The van der Waals surface area contributed by atoms with Crippen LogP contribution in [0.5, 0.6) is 0 Å². The molecule has 1 aromatic carbocycles.